The van der Waals surface area contributed by atoms with Crippen molar-refractivity contribution >= 4 is 40.4 Å². The van der Waals surface area contributed by atoms with Crippen molar-refractivity contribution in [2.75, 3.05) is 18.0 Å². The van der Waals surface area contributed by atoms with Crippen LogP contribution in [0.3, 0.4) is 0 Å². The molecule has 0 radical (unpaired) electrons. The zero-order valence-corrected chi connectivity index (χ0v) is 25.3. The lowest BCUT2D eigenvalue weighted by molar-refractivity contribution is -0.132. The first-order valence-corrected chi connectivity index (χ1v) is 14.9. The minimum atomic E-state index is -1.18. The Hall–Kier alpha value is -2.88. The number of carboxylic acids is 1. The van der Waals surface area contributed by atoms with E-state index < -0.39 is 5.97 Å². The summed E-state index contributed by atoms with van der Waals surface area (Å²) in [5.41, 5.74) is 10.6. The fraction of sp³-hybridized carbons (Fsp3) is 0.438. The SMILES string of the molecule is [C-]#[N+]C(=Cc1sc(-c2sc(-c3cc4c5c(c3)C(C)(C)CCN5CCC4(C)C)c(C)c2C)c(C)c1C)C(=O)O. The van der Waals surface area contributed by atoms with E-state index in [1.807, 2.05) is 18.3 Å². The van der Waals surface area contributed by atoms with E-state index in [1.165, 1.54) is 67.1 Å². The molecule has 0 spiro atoms. The molecular weight excluding hydrogens is 508 g/mol. The number of rotatable bonds is 4. The van der Waals surface area contributed by atoms with E-state index in [1.54, 1.807) is 11.3 Å². The van der Waals surface area contributed by atoms with Gasteiger partial charge >= 0.3 is 5.97 Å². The van der Waals surface area contributed by atoms with Crippen LogP contribution in [0.1, 0.15) is 78.8 Å². The summed E-state index contributed by atoms with van der Waals surface area (Å²) in [4.78, 5) is 21.9. The molecule has 6 heteroatoms. The maximum atomic E-state index is 11.5. The van der Waals surface area contributed by atoms with Crippen molar-refractivity contribution in [1.29, 1.82) is 0 Å². The first kappa shape index (κ1) is 26.7. The molecule has 2 aliphatic heterocycles. The fourth-order valence-electron chi connectivity index (χ4n) is 5.90. The Morgan fingerprint density at radius 1 is 0.895 bits per heavy atom. The number of aliphatic carboxylic acids is 1. The van der Waals surface area contributed by atoms with Gasteiger partial charge in [-0.3, -0.25) is 4.79 Å². The lowest BCUT2D eigenvalue weighted by Crippen LogP contribution is -2.44. The predicted octanol–water partition coefficient (Wildman–Crippen LogP) is 8.89. The lowest BCUT2D eigenvalue weighted by Gasteiger charge is -2.48. The second-order valence-corrected chi connectivity index (χ2v) is 14.2. The molecule has 2 aromatic heterocycles. The molecule has 4 heterocycles. The molecule has 0 bridgehead atoms. The zero-order valence-electron chi connectivity index (χ0n) is 23.6. The van der Waals surface area contributed by atoms with E-state index in [-0.39, 0.29) is 16.5 Å². The van der Waals surface area contributed by atoms with E-state index in [0.717, 1.165) is 29.1 Å². The van der Waals surface area contributed by atoms with Crippen LogP contribution in [-0.2, 0) is 15.6 Å². The summed E-state index contributed by atoms with van der Waals surface area (Å²) in [7, 11) is 0. The molecular formula is C32H36N2O2S2. The third-order valence-corrected chi connectivity index (χ3v) is 11.9. The van der Waals surface area contributed by atoms with E-state index in [9.17, 15) is 9.90 Å². The van der Waals surface area contributed by atoms with Crippen LogP contribution in [-0.4, -0.2) is 24.2 Å². The van der Waals surface area contributed by atoms with E-state index >= 15 is 0 Å². The zero-order chi connectivity index (χ0) is 27.7. The summed E-state index contributed by atoms with van der Waals surface area (Å²) in [5, 5.41) is 9.37. The van der Waals surface area contributed by atoms with Crippen molar-refractivity contribution in [3.05, 3.63) is 67.5 Å². The Kier molecular flexibility index (Phi) is 6.40. The molecule has 5 rings (SSSR count). The third-order valence-electron chi connectivity index (χ3n) is 8.91. The van der Waals surface area contributed by atoms with Gasteiger partial charge in [-0.2, -0.15) is 0 Å². The second-order valence-electron chi connectivity index (χ2n) is 12.2. The standard InChI is InChI=1S/C32H36N2O2S2/c1-17-18(2)28(37-25(17)16-24(33-9)30(35)36)29-20(4)19(3)27(38-29)21-14-22-26-23(15-21)32(7,8)11-13-34(26)12-10-31(22,5)6/h14-16H,10-13H2,1-8H3,(H,35,36). The Balaban J connectivity index is 1.69. The highest BCUT2D eigenvalue weighted by Gasteiger charge is 2.40. The summed E-state index contributed by atoms with van der Waals surface area (Å²) < 4.78 is 0. The van der Waals surface area contributed by atoms with Gasteiger partial charge < -0.3 is 10.0 Å². The molecule has 3 aromatic rings. The summed E-state index contributed by atoms with van der Waals surface area (Å²) in [6.45, 7) is 27.6. The van der Waals surface area contributed by atoms with Crippen molar-refractivity contribution in [1.82, 2.24) is 0 Å². The van der Waals surface area contributed by atoms with Crippen LogP contribution in [0.25, 0.3) is 31.1 Å². The third kappa shape index (κ3) is 4.12. The van der Waals surface area contributed by atoms with Gasteiger partial charge in [-0.05, 0) is 109 Å². The molecule has 38 heavy (non-hydrogen) atoms. The molecule has 0 unspecified atom stereocenters. The number of thiophene rings is 2. The van der Waals surface area contributed by atoms with Crippen LogP contribution < -0.4 is 4.90 Å². The molecule has 4 nitrogen and oxygen atoms in total. The second kappa shape index (κ2) is 9.10. The Morgan fingerprint density at radius 2 is 1.39 bits per heavy atom. The maximum Gasteiger partial charge on any atom is 0.333 e. The molecule has 198 valence electrons. The topological polar surface area (TPSA) is 44.9 Å². The predicted molar refractivity (Wildman–Crippen MR) is 162 cm³/mol. The monoisotopic (exact) mass is 544 g/mol. The van der Waals surface area contributed by atoms with Crippen LogP contribution in [0.5, 0.6) is 0 Å². The molecule has 0 saturated heterocycles. The van der Waals surface area contributed by atoms with Crippen LogP contribution in [0.4, 0.5) is 5.69 Å². The van der Waals surface area contributed by atoms with Crippen LogP contribution in [0.2, 0.25) is 0 Å². The van der Waals surface area contributed by atoms with Crippen molar-refractivity contribution < 1.29 is 9.90 Å². The van der Waals surface area contributed by atoms with Gasteiger partial charge in [-0.15, -0.1) is 22.7 Å². The van der Waals surface area contributed by atoms with Gasteiger partial charge in [0.1, 0.15) is 0 Å². The molecule has 0 saturated carbocycles. The van der Waals surface area contributed by atoms with Gasteiger partial charge in [0.05, 0.1) is 6.57 Å². The van der Waals surface area contributed by atoms with Gasteiger partial charge in [0.2, 0.25) is 0 Å². The van der Waals surface area contributed by atoms with Crippen molar-refractivity contribution in [2.24, 2.45) is 0 Å². The Labute approximate surface area is 234 Å². The minimum absolute atomic E-state index is 0.139. The summed E-state index contributed by atoms with van der Waals surface area (Å²) in [6, 6.07) is 4.92. The number of anilines is 1. The molecule has 2 aliphatic rings. The molecule has 1 aromatic carbocycles. The van der Waals surface area contributed by atoms with Crippen LogP contribution in [0, 0.1) is 34.3 Å². The first-order valence-electron chi connectivity index (χ1n) is 13.2. The molecule has 1 N–H and O–H groups in total. The van der Waals surface area contributed by atoms with Crippen LogP contribution in [0.15, 0.2) is 17.8 Å². The molecule has 0 aliphatic carbocycles. The molecule has 0 atom stereocenters. The molecule has 0 amide bonds. The lowest BCUT2D eigenvalue weighted by atomic mass is 9.69. The van der Waals surface area contributed by atoms with Gasteiger partial charge in [-0.1, -0.05) is 27.7 Å². The average Bonchev–Trinajstić information content (AvgIpc) is 3.30. The number of nitrogens with zero attached hydrogens (tertiary/aromatic N) is 2. The fourth-order valence-corrected chi connectivity index (χ4v) is 8.69. The summed E-state index contributed by atoms with van der Waals surface area (Å²) in [6.07, 6.45) is 3.86. The highest BCUT2D eigenvalue weighted by atomic mass is 32.1. The van der Waals surface area contributed by atoms with E-state index in [2.05, 4.69) is 70.3 Å². The maximum absolute atomic E-state index is 11.5. The Bertz CT molecular complexity index is 1520. The number of carbonyl (C=O) groups is 1. The van der Waals surface area contributed by atoms with Gasteiger partial charge in [0, 0.05) is 38.3 Å². The van der Waals surface area contributed by atoms with Crippen molar-refractivity contribution in [3.63, 3.8) is 0 Å². The number of hydrogen-bond acceptors (Lipinski definition) is 4. The normalized spacial score (nSPS) is 17.8. The largest absolute Gasteiger partial charge is 0.486 e. The van der Waals surface area contributed by atoms with Crippen LogP contribution >= 0.6 is 22.7 Å². The highest BCUT2D eigenvalue weighted by molar-refractivity contribution is 7.24. The first-order chi connectivity index (χ1) is 17.8. The van der Waals surface area contributed by atoms with E-state index in [4.69, 9.17) is 6.57 Å². The van der Waals surface area contributed by atoms with Gasteiger partial charge in [-0.25, -0.2) is 4.85 Å². The van der Waals surface area contributed by atoms with Gasteiger partial charge in [0.25, 0.3) is 5.70 Å². The number of hydrogen-bond donors (Lipinski definition) is 1. The Morgan fingerprint density at radius 3 is 1.92 bits per heavy atom. The average molecular weight is 545 g/mol. The highest BCUT2D eigenvalue weighted by Crippen LogP contribution is 2.53. The number of carboxylic acid groups (broad SMARTS) is 1. The quantitative estimate of drug-likeness (QED) is 0.263. The minimum Gasteiger partial charge on any atom is -0.486 e. The van der Waals surface area contributed by atoms with Crippen molar-refractivity contribution in [3.8, 4) is 20.2 Å². The summed E-state index contributed by atoms with van der Waals surface area (Å²) in [5.74, 6) is -1.18. The number of benzene rings is 1. The smallest absolute Gasteiger partial charge is 0.333 e. The van der Waals surface area contributed by atoms with Crippen molar-refractivity contribution in [2.45, 2.75) is 79.1 Å². The van der Waals surface area contributed by atoms with E-state index in [0.29, 0.717) is 0 Å². The van der Waals surface area contributed by atoms with Gasteiger partial charge in [0.15, 0.2) is 0 Å². The molecule has 0 fully saturated rings. The summed E-state index contributed by atoms with van der Waals surface area (Å²) >= 11 is 3.44.